The van der Waals surface area contributed by atoms with E-state index in [0.717, 1.165) is 37.9 Å². The molecule has 3 N–H and O–H groups in total. The number of nitrogens with two attached hydrogens (primary N) is 1. The van der Waals surface area contributed by atoms with Crippen LogP contribution in [0, 0.1) is 0 Å². The molecule has 0 bridgehead atoms. The van der Waals surface area contributed by atoms with Crippen molar-refractivity contribution in [2.45, 2.75) is 10.1 Å². The summed E-state index contributed by atoms with van der Waals surface area (Å²) in [5, 5.41) is 2.99. The molecule has 13 heteroatoms. The van der Waals surface area contributed by atoms with Crippen molar-refractivity contribution in [3.63, 3.8) is 0 Å². The molecule has 12 nitrogen and oxygen atoms in total. The molecule has 1 aliphatic rings. The number of amides is 1. The predicted molar refractivity (Wildman–Crippen MR) is 132 cm³/mol. The first kappa shape index (κ1) is 25.5. The number of ether oxygens (including phenoxy) is 2. The summed E-state index contributed by atoms with van der Waals surface area (Å²) in [5.74, 6) is 1.39. The van der Waals surface area contributed by atoms with Gasteiger partial charge in [0, 0.05) is 44.9 Å². The molecule has 1 saturated heterocycles. The molecule has 0 unspecified atom stereocenters. The zero-order chi connectivity index (χ0) is 24.7. The molecule has 184 valence electrons. The van der Waals surface area contributed by atoms with E-state index in [9.17, 15) is 4.79 Å². The van der Waals surface area contributed by atoms with Crippen LogP contribution < -0.4 is 25.4 Å². The van der Waals surface area contributed by atoms with Crippen LogP contribution in [0.3, 0.4) is 0 Å². The van der Waals surface area contributed by atoms with Crippen LogP contribution in [-0.2, 0) is 4.79 Å². The number of rotatable bonds is 9. The number of nitrogens with zero attached hydrogens (tertiary/aromatic N) is 7. The van der Waals surface area contributed by atoms with Crippen LogP contribution in [-0.4, -0.2) is 104 Å². The standard InChI is InChI=1S/C21H31N9O3S/c1-28(2)8-6-7-16(31)24-15-13-14(22)23-21(25-15)34-17-18(32-4)26-20(27-19(17)33-5)30-11-9-29(3)10-12-30/h6-7,13H,8-12H2,1-5H3,(H3,22,23,24,25,31). The second-order valence-electron chi connectivity index (χ2n) is 7.88. The molecule has 3 rings (SSSR count). The van der Waals surface area contributed by atoms with Crippen LogP contribution in [0.15, 0.2) is 28.3 Å². The van der Waals surface area contributed by atoms with Gasteiger partial charge in [-0.15, -0.1) is 0 Å². The molecule has 0 saturated carbocycles. The van der Waals surface area contributed by atoms with Gasteiger partial charge in [-0.2, -0.15) is 9.97 Å². The first-order chi connectivity index (χ1) is 16.3. The third-order valence-corrected chi connectivity index (χ3v) is 5.79. The monoisotopic (exact) mass is 489 g/mol. The molecule has 1 amide bonds. The number of carbonyl (C=O) groups excluding carboxylic acids is 1. The Balaban J connectivity index is 1.82. The maximum Gasteiger partial charge on any atom is 0.249 e. The van der Waals surface area contributed by atoms with Gasteiger partial charge in [0.2, 0.25) is 23.6 Å². The highest BCUT2D eigenvalue weighted by atomic mass is 32.2. The van der Waals surface area contributed by atoms with Crippen LogP contribution >= 0.6 is 11.8 Å². The molecule has 1 fully saturated rings. The number of aromatic nitrogens is 4. The van der Waals surface area contributed by atoms with Gasteiger partial charge in [-0.05, 0) is 32.9 Å². The maximum atomic E-state index is 12.2. The average molecular weight is 490 g/mol. The van der Waals surface area contributed by atoms with E-state index in [-0.39, 0.29) is 17.5 Å². The van der Waals surface area contributed by atoms with Crippen molar-refractivity contribution in [2.24, 2.45) is 0 Å². The molecule has 2 aromatic heterocycles. The molecule has 1 aliphatic heterocycles. The molecule has 0 aliphatic carbocycles. The SMILES string of the molecule is COc1nc(N2CCN(C)CC2)nc(OC)c1Sc1nc(N)cc(NC(=O)C=CCN(C)C)n1. The number of piperazine rings is 1. The fourth-order valence-corrected chi connectivity index (χ4v) is 4.00. The summed E-state index contributed by atoms with van der Waals surface area (Å²) in [4.78, 5) is 36.8. The topological polar surface area (TPSA) is 135 Å². The lowest BCUT2D eigenvalue weighted by atomic mass is 10.3. The van der Waals surface area contributed by atoms with Gasteiger partial charge in [-0.25, -0.2) is 9.97 Å². The lowest BCUT2D eigenvalue weighted by Gasteiger charge is -2.32. The fourth-order valence-electron chi connectivity index (χ4n) is 3.09. The number of methoxy groups -OCH3 is 2. The third kappa shape index (κ3) is 6.92. The highest BCUT2D eigenvalue weighted by Crippen LogP contribution is 2.40. The van der Waals surface area contributed by atoms with Gasteiger partial charge in [0.1, 0.15) is 16.5 Å². The van der Waals surface area contributed by atoms with Crippen LogP contribution in [0.4, 0.5) is 17.6 Å². The van der Waals surface area contributed by atoms with Crippen molar-refractivity contribution in [1.29, 1.82) is 0 Å². The van der Waals surface area contributed by atoms with E-state index in [1.54, 1.807) is 6.08 Å². The van der Waals surface area contributed by atoms with Crippen molar-refractivity contribution in [2.75, 3.05) is 84.0 Å². The quantitative estimate of drug-likeness (QED) is 0.381. The van der Waals surface area contributed by atoms with E-state index >= 15 is 0 Å². The zero-order valence-electron chi connectivity index (χ0n) is 20.1. The molecule has 2 aromatic rings. The molecule has 3 heterocycles. The van der Waals surface area contributed by atoms with E-state index < -0.39 is 0 Å². The van der Waals surface area contributed by atoms with Gasteiger partial charge in [0.05, 0.1) is 14.2 Å². The Labute approximate surface area is 203 Å². The maximum absolute atomic E-state index is 12.2. The highest BCUT2D eigenvalue weighted by molar-refractivity contribution is 7.99. The lowest BCUT2D eigenvalue weighted by Crippen LogP contribution is -2.45. The Morgan fingerprint density at radius 1 is 1.15 bits per heavy atom. The van der Waals surface area contributed by atoms with Gasteiger partial charge in [0.25, 0.3) is 0 Å². The van der Waals surface area contributed by atoms with Gasteiger partial charge in [-0.3, -0.25) is 4.79 Å². The Kier molecular flexibility index (Phi) is 8.85. The molecule has 0 spiro atoms. The molecule has 34 heavy (non-hydrogen) atoms. The Morgan fingerprint density at radius 2 is 1.79 bits per heavy atom. The number of nitrogen functional groups attached to an aromatic ring is 1. The number of anilines is 3. The largest absolute Gasteiger partial charge is 0.480 e. The summed E-state index contributed by atoms with van der Waals surface area (Å²) >= 11 is 1.14. The van der Waals surface area contributed by atoms with E-state index in [0.29, 0.717) is 34.3 Å². The summed E-state index contributed by atoms with van der Waals surface area (Å²) in [6.07, 6.45) is 3.20. The molecular weight excluding hydrogens is 458 g/mol. The van der Waals surface area contributed by atoms with Crippen LogP contribution in [0.25, 0.3) is 0 Å². The minimum Gasteiger partial charge on any atom is -0.480 e. The molecule has 0 atom stereocenters. The number of likely N-dealkylation sites (N-methyl/N-ethyl adjacent to an activating group) is 2. The van der Waals surface area contributed by atoms with E-state index in [2.05, 4.69) is 42.1 Å². The summed E-state index contributed by atoms with van der Waals surface area (Å²) in [5.41, 5.74) is 5.96. The summed E-state index contributed by atoms with van der Waals surface area (Å²) in [6, 6.07) is 1.49. The number of hydrogen-bond acceptors (Lipinski definition) is 12. The Morgan fingerprint density at radius 3 is 2.38 bits per heavy atom. The molecule has 0 radical (unpaired) electrons. The van der Waals surface area contributed by atoms with Crippen molar-refractivity contribution < 1.29 is 14.3 Å². The minimum atomic E-state index is -0.314. The first-order valence-corrected chi connectivity index (χ1v) is 11.5. The molecule has 0 aromatic carbocycles. The van der Waals surface area contributed by atoms with Crippen LogP contribution in [0.2, 0.25) is 0 Å². The van der Waals surface area contributed by atoms with Crippen LogP contribution in [0.1, 0.15) is 0 Å². The van der Waals surface area contributed by atoms with Crippen molar-refractivity contribution in [3.8, 4) is 11.8 Å². The second kappa shape index (κ2) is 11.8. The van der Waals surface area contributed by atoms with Crippen molar-refractivity contribution in [1.82, 2.24) is 29.7 Å². The smallest absolute Gasteiger partial charge is 0.249 e. The second-order valence-corrected chi connectivity index (χ2v) is 8.86. The third-order valence-electron chi connectivity index (χ3n) is 4.87. The van der Waals surface area contributed by atoms with E-state index in [4.69, 9.17) is 15.2 Å². The predicted octanol–water partition coefficient (Wildman–Crippen LogP) is 0.825. The first-order valence-electron chi connectivity index (χ1n) is 10.7. The van der Waals surface area contributed by atoms with Crippen molar-refractivity contribution >= 4 is 35.3 Å². The average Bonchev–Trinajstić information content (AvgIpc) is 2.79. The normalized spacial score (nSPS) is 14.6. The van der Waals surface area contributed by atoms with Crippen LogP contribution in [0.5, 0.6) is 11.8 Å². The minimum absolute atomic E-state index is 0.206. The number of carbonyl (C=O) groups is 1. The van der Waals surface area contributed by atoms with Crippen molar-refractivity contribution in [3.05, 3.63) is 18.2 Å². The Bertz CT molecular complexity index is 1000. The number of nitrogens with one attached hydrogen (secondary N) is 1. The summed E-state index contributed by atoms with van der Waals surface area (Å²) < 4.78 is 11.1. The van der Waals surface area contributed by atoms with Gasteiger partial charge in [0.15, 0.2) is 5.16 Å². The number of hydrogen-bond donors (Lipinski definition) is 2. The van der Waals surface area contributed by atoms with E-state index in [1.165, 1.54) is 26.4 Å². The Hall–Kier alpha value is -3.16. The zero-order valence-corrected chi connectivity index (χ0v) is 20.9. The lowest BCUT2D eigenvalue weighted by molar-refractivity contribution is -0.111. The van der Waals surface area contributed by atoms with Gasteiger partial charge in [-0.1, -0.05) is 6.08 Å². The van der Waals surface area contributed by atoms with Gasteiger partial charge >= 0.3 is 0 Å². The van der Waals surface area contributed by atoms with E-state index in [1.807, 2.05) is 19.0 Å². The highest BCUT2D eigenvalue weighted by Gasteiger charge is 2.24. The summed E-state index contributed by atoms with van der Waals surface area (Å²) in [6.45, 7) is 4.09. The molecular formula is C21H31N9O3S. The van der Waals surface area contributed by atoms with Gasteiger partial charge < -0.3 is 35.2 Å². The summed E-state index contributed by atoms with van der Waals surface area (Å²) in [7, 11) is 8.99. The fraction of sp³-hybridized carbons (Fsp3) is 0.476.